The summed E-state index contributed by atoms with van der Waals surface area (Å²) in [5.74, 6) is 1.48. The third-order valence-electron chi connectivity index (χ3n) is 5.19. The van der Waals surface area contributed by atoms with E-state index >= 15 is 0 Å². The molecule has 1 amide bonds. The third kappa shape index (κ3) is 7.62. The Bertz CT molecular complexity index is 785. The summed E-state index contributed by atoms with van der Waals surface area (Å²) >= 11 is 1.77. The van der Waals surface area contributed by atoms with Crippen molar-refractivity contribution in [3.8, 4) is 0 Å². The number of halogens is 1. The molecule has 1 saturated heterocycles. The second-order valence-electron chi connectivity index (χ2n) is 7.31. The number of amides is 1. The number of nitrogens with one attached hydrogen (secondary N) is 2. The minimum atomic E-state index is 0. The minimum Gasteiger partial charge on any atom is -0.352 e. The van der Waals surface area contributed by atoms with Crippen LogP contribution in [0.5, 0.6) is 0 Å². The molecule has 1 aliphatic heterocycles. The van der Waals surface area contributed by atoms with E-state index in [0.29, 0.717) is 11.9 Å². The van der Waals surface area contributed by atoms with Crippen LogP contribution in [0.4, 0.5) is 0 Å². The lowest BCUT2D eigenvalue weighted by atomic mass is 9.90. The molecule has 0 unspecified atom stereocenters. The first-order valence-electron chi connectivity index (χ1n) is 9.95. The van der Waals surface area contributed by atoms with E-state index < -0.39 is 0 Å². The van der Waals surface area contributed by atoms with Gasteiger partial charge in [-0.05, 0) is 49.8 Å². The van der Waals surface area contributed by atoms with Gasteiger partial charge in [0.15, 0.2) is 5.96 Å². The van der Waals surface area contributed by atoms with E-state index in [2.05, 4.69) is 65.0 Å². The number of aliphatic imine (C=N–C) groups is 1. The highest BCUT2D eigenvalue weighted by Gasteiger charge is 2.22. The van der Waals surface area contributed by atoms with Gasteiger partial charge in [-0.15, -0.1) is 35.3 Å². The summed E-state index contributed by atoms with van der Waals surface area (Å²) in [6.45, 7) is 4.80. The van der Waals surface area contributed by atoms with Crippen molar-refractivity contribution in [1.29, 1.82) is 0 Å². The van der Waals surface area contributed by atoms with Gasteiger partial charge in [0.2, 0.25) is 5.91 Å². The maximum absolute atomic E-state index is 12.5. The maximum Gasteiger partial charge on any atom is 0.241 e. The highest BCUT2D eigenvalue weighted by atomic mass is 127. The van der Waals surface area contributed by atoms with Crippen LogP contribution in [0.2, 0.25) is 0 Å². The van der Waals surface area contributed by atoms with Gasteiger partial charge in [-0.3, -0.25) is 9.79 Å². The number of carbonyl (C=O) groups excluding carboxylic acids is 1. The molecule has 1 aromatic heterocycles. The molecule has 1 aliphatic rings. The zero-order chi connectivity index (χ0) is 19.8. The molecular formula is C22H31IN4OS. The van der Waals surface area contributed by atoms with E-state index in [0.717, 1.165) is 38.9 Å². The quantitative estimate of drug-likeness (QED) is 0.342. The summed E-state index contributed by atoms with van der Waals surface area (Å²) in [6.07, 6.45) is 3.26. The largest absolute Gasteiger partial charge is 0.352 e. The lowest BCUT2D eigenvalue weighted by Crippen LogP contribution is -2.46. The van der Waals surface area contributed by atoms with E-state index in [-0.39, 0.29) is 36.4 Å². The van der Waals surface area contributed by atoms with Crippen LogP contribution in [0, 0.1) is 12.8 Å². The van der Waals surface area contributed by atoms with Crippen LogP contribution in [0.15, 0.2) is 47.5 Å². The molecule has 7 heteroatoms. The van der Waals surface area contributed by atoms with E-state index in [4.69, 9.17) is 0 Å². The standard InChI is InChI=1S/C22H30N4OS.HI/c1-17-8-9-20(28-17)15-24-22(23-2)25-16-21(27)26-12-10-19(11-13-26)14-18-6-4-3-5-7-18;/h3-9,19H,10-16H2,1-2H3,(H2,23,24,25);1H. The normalized spacial score (nSPS) is 15.0. The molecule has 158 valence electrons. The Labute approximate surface area is 195 Å². The first kappa shape index (κ1) is 23.7. The highest BCUT2D eigenvalue weighted by molar-refractivity contribution is 14.0. The predicted octanol–water partition coefficient (Wildman–Crippen LogP) is 3.82. The average molecular weight is 526 g/mol. The van der Waals surface area contributed by atoms with Crippen molar-refractivity contribution in [2.45, 2.75) is 32.7 Å². The van der Waals surface area contributed by atoms with Crippen molar-refractivity contribution in [3.63, 3.8) is 0 Å². The zero-order valence-corrected chi connectivity index (χ0v) is 20.3. The van der Waals surface area contributed by atoms with E-state index in [1.54, 1.807) is 18.4 Å². The summed E-state index contributed by atoms with van der Waals surface area (Å²) in [5.41, 5.74) is 1.39. The third-order valence-corrected chi connectivity index (χ3v) is 6.19. The number of hydrogen-bond donors (Lipinski definition) is 2. The molecule has 5 nitrogen and oxygen atoms in total. The predicted molar refractivity (Wildman–Crippen MR) is 132 cm³/mol. The molecule has 2 heterocycles. The van der Waals surface area contributed by atoms with Crippen LogP contribution < -0.4 is 10.6 Å². The SMILES string of the molecule is CN=C(NCC(=O)N1CCC(Cc2ccccc2)CC1)NCc1ccc(C)s1.I. The molecular weight excluding hydrogens is 495 g/mol. The van der Waals surface area contributed by atoms with Crippen molar-refractivity contribution < 1.29 is 4.79 Å². The van der Waals surface area contributed by atoms with Gasteiger partial charge in [-0.2, -0.15) is 0 Å². The van der Waals surface area contributed by atoms with Crippen molar-refractivity contribution in [3.05, 3.63) is 57.8 Å². The van der Waals surface area contributed by atoms with Crippen molar-refractivity contribution in [2.75, 3.05) is 26.7 Å². The molecule has 29 heavy (non-hydrogen) atoms. The van der Waals surface area contributed by atoms with Crippen LogP contribution in [0.1, 0.15) is 28.2 Å². The van der Waals surface area contributed by atoms with E-state index in [1.807, 2.05) is 4.90 Å². The second kappa shape index (κ2) is 12.2. The number of piperidine rings is 1. The number of thiophene rings is 1. The highest BCUT2D eigenvalue weighted by Crippen LogP contribution is 2.21. The Kier molecular flexibility index (Phi) is 9.93. The van der Waals surface area contributed by atoms with Gasteiger partial charge < -0.3 is 15.5 Å². The summed E-state index contributed by atoms with van der Waals surface area (Å²) in [7, 11) is 1.73. The van der Waals surface area contributed by atoms with Gasteiger partial charge in [0, 0.05) is 29.9 Å². The zero-order valence-electron chi connectivity index (χ0n) is 17.2. The first-order valence-corrected chi connectivity index (χ1v) is 10.8. The average Bonchev–Trinajstić information content (AvgIpc) is 3.14. The number of hydrogen-bond acceptors (Lipinski definition) is 3. The lowest BCUT2D eigenvalue weighted by Gasteiger charge is -2.32. The van der Waals surface area contributed by atoms with Crippen LogP contribution in [0.3, 0.4) is 0 Å². The smallest absolute Gasteiger partial charge is 0.241 e. The van der Waals surface area contributed by atoms with E-state index in [1.165, 1.54) is 15.3 Å². The molecule has 0 radical (unpaired) electrons. The Morgan fingerprint density at radius 3 is 2.48 bits per heavy atom. The minimum absolute atomic E-state index is 0. The summed E-state index contributed by atoms with van der Waals surface area (Å²) < 4.78 is 0. The van der Waals surface area contributed by atoms with Crippen LogP contribution in [0.25, 0.3) is 0 Å². The van der Waals surface area contributed by atoms with Gasteiger partial charge in [0.05, 0.1) is 13.1 Å². The Hall–Kier alpha value is -1.61. The topological polar surface area (TPSA) is 56.7 Å². The molecule has 0 spiro atoms. The van der Waals surface area contributed by atoms with Gasteiger partial charge in [0.1, 0.15) is 0 Å². The number of guanidine groups is 1. The summed E-state index contributed by atoms with van der Waals surface area (Å²) in [6, 6.07) is 14.9. The maximum atomic E-state index is 12.5. The van der Waals surface area contributed by atoms with Gasteiger partial charge in [0.25, 0.3) is 0 Å². The fraction of sp³-hybridized carbons (Fsp3) is 0.455. The second-order valence-corrected chi connectivity index (χ2v) is 8.68. The van der Waals surface area contributed by atoms with Crippen molar-refractivity contribution >= 4 is 47.2 Å². The number of nitrogens with zero attached hydrogens (tertiary/aromatic N) is 2. The van der Waals surface area contributed by atoms with Gasteiger partial charge in [-0.25, -0.2) is 0 Å². The lowest BCUT2D eigenvalue weighted by molar-refractivity contribution is -0.131. The Morgan fingerprint density at radius 1 is 1.14 bits per heavy atom. The van der Waals surface area contributed by atoms with Crippen LogP contribution in [-0.2, 0) is 17.8 Å². The number of likely N-dealkylation sites (tertiary alicyclic amines) is 1. The van der Waals surface area contributed by atoms with Gasteiger partial charge >= 0.3 is 0 Å². The summed E-state index contributed by atoms with van der Waals surface area (Å²) in [5, 5.41) is 6.42. The molecule has 2 aromatic rings. The fourth-order valence-corrected chi connectivity index (χ4v) is 4.41. The number of benzene rings is 1. The Morgan fingerprint density at radius 2 is 1.86 bits per heavy atom. The summed E-state index contributed by atoms with van der Waals surface area (Å²) in [4.78, 5) is 21.3. The fourth-order valence-electron chi connectivity index (χ4n) is 3.58. The molecule has 0 atom stereocenters. The van der Waals surface area contributed by atoms with Crippen molar-refractivity contribution in [1.82, 2.24) is 15.5 Å². The van der Waals surface area contributed by atoms with Crippen molar-refractivity contribution in [2.24, 2.45) is 10.9 Å². The molecule has 2 N–H and O–H groups in total. The molecule has 1 fully saturated rings. The first-order chi connectivity index (χ1) is 13.6. The number of aryl methyl sites for hydroxylation is 1. The van der Waals surface area contributed by atoms with E-state index in [9.17, 15) is 4.79 Å². The molecule has 0 saturated carbocycles. The van der Waals surface area contributed by atoms with Crippen LogP contribution >= 0.6 is 35.3 Å². The monoisotopic (exact) mass is 526 g/mol. The van der Waals surface area contributed by atoms with Crippen LogP contribution in [-0.4, -0.2) is 43.4 Å². The number of rotatable bonds is 6. The molecule has 3 rings (SSSR count). The Balaban J connectivity index is 0.00000300. The molecule has 1 aromatic carbocycles. The van der Waals surface area contributed by atoms with Gasteiger partial charge in [-0.1, -0.05) is 30.3 Å². The molecule has 0 bridgehead atoms. The number of carbonyl (C=O) groups is 1. The molecule has 0 aliphatic carbocycles.